The van der Waals surface area contributed by atoms with Crippen LogP contribution in [0.3, 0.4) is 0 Å². The van der Waals surface area contributed by atoms with E-state index in [0.717, 1.165) is 86.5 Å². The zero-order valence-corrected chi connectivity index (χ0v) is 38.4. The Kier molecular flexibility index (Phi) is 12.9. The second-order valence-corrected chi connectivity index (χ2v) is 31.8. The van der Waals surface area contributed by atoms with Crippen LogP contribution in [0.15, 0.2) is 35.6 Å². The molecule has 15 heteroatoms. The molecule has 0 saturated carbocycles. The summed E-state index contributed by atoms with van der Waals surface area (Å²) in [4.78, 5) is 34.8. The van der Waals surface area contributed by atoms with E-state index in [2.05, 4.69) is 68.4 Å². The average Bonchev–Trinajstić information content (AvgIpc) is 3.80. The van der Waals surface area contributed by atoms with Gasteiger partial charge in [-0.05, 0) is 77.8 Å². The molecular formula is C40H61N7O4S2Si2. The minimum atomic E-state index is -1.29. The van der Waals surface area contributed by atoms with Gasteiger partial charge < -0.3 is 24.0 Å². The van der Waals surface area contributed by atoms with Gasteiger partial charge in [-0.25, -0.2) is 14.8 Å². The van der Waals surface area contributed by atoms with Crippen molar-refractivity contribution in [2.24, 2.45) is 0 Å². The molecule has 2 aliphatic heterocycles. The number of nitrogens with zero attached hydrogens (tertiary/aromatic N) is 7. The number of anilines is 1. The molecule has 11 nitrogen and oxygen atoms in total. The number of aromatic nitrogens is 5. The molecule has 4 aromatic rings. The third-order valence-corrected chi connectivity index (χ3v) is 15.4. The van der Waals surface area contributed by atoms with Crippen molar-refractivity contribution in [3.05, 3.63) is 41.3 Å². The minimum absolute atomic E-state index is 0.108. The van der Waals surface area contributed by atoms with E-state index in [0.29, 0.717) is 26.7 Å². The predicted octanol–water partition coefficient (Wildman–Crippen LogP) is 10.0. The molecule has 55 heavy (non-hydrogen) atoms. The molecule has 0 unspecified atom stereocenters. The highest BCUT2D eigenvalue weighted by Crippen LogP contribution is 2.47. The molecule has 300 valence electrons. The molecule has 2 bridgehead atoms. The largest absolute Gasteiger partial charge is 0.444 e. The summed E-state index contributed by atoms with van der Waals surface area (Å²) in [7, 11) is -2.59. The zero-order chi connectivity index (χ0) is 39.7. The van der Waals surface area contributed by atoms with Gasteiger partial charge >= 0.3 is 6.09 Å². The second-order valence-electron chi connectivity index (χ2n) is 18.5. The molecule has 0 spiro atoms. The van der Waals surface area contributed by atoms with E-state index in [9.17, 15) is 4.79 Å². The van der Waals surface area contributed by atoms with Crippen LogP contribution in [0.2, 0.25) is 51.4 Å². The zero-order valence-electron chi connectivity index (χ0n) is 34.8. The van der Waals surface area contributed by atoms with Crippen LogP contribution in [0.25, 0.3) is 27.5 Å². The van der Waals surface area contributed by atoms with Crippen molar-refractivity contribution in [3.63, 3.8) is 0 Å². The topological polar surface area (TPSA) is 107 Å². The number of fused-ring (bicyclic) bond motifs is 3. The predicted molar refractivity (Wildman–Crippen MR) is 231 cm³/mol. The highest BCUT2D eigenvalue weighted by molar-refractivity contribution is 7.98. The third kappa shape index (κ3) is 10.4. The van der Waals surface area contributed by atoms with Crippen molar-refractivity contribution in [2.45, 2.75) is 133 Å². The lowest BCUT2D eigenvalue weighted by Crippen LogP contribution is -2.48. The standard InChI is InChI=1S/C40H61N7O4S2Si2/c1-27-22-42-37(53-27)33-15-12-28(23-41-33)32-24-43-47-36(32)44-34(29-20-30-13-14-31(21-29)46(30)39(48)51-40(2,3)4)35(52-5)38(47)45(25-49-16-18-54(6,7)8)26-50-17-19-55(9,10)11/h12,15,22-24,29-31H,13-14,16-21,25-26H2,1-11H3/t29-,30-,31+. The number of thioether (sulfide) groups is 1. The van der Waals surface area contributed by atoms with Crippen molar-refractivity contribution in [2.75, 3.05) is 37.8 Å². The van der Waals surface area contributed by atoms with Crippen molar-refractivity contribution in [3.8, 4) is 21.8 Å². The quantitative estimate of drug-likeness (QED) is 0.0498. The Balaban J connectivity index is 1.42. The fraction of sp³-hybridized carbons (Fsp3) is 0.625. The van der Waals surface area contributed by atoms with Crippen LogP contribution < -0.4 is 4.90 Å². The molecule has 2 aliphatic rings. The second kappa shape index (κ2) is 17.0. The van der Waals surface area contributed by atoms with Crippen molar-refractivity contribution in [1.82, 2.24) is 29.5 Å². The Hall–Kier alpha value is -2.83. The molecule has 1 amide bonds. The maximum absolute atomic E-state index is 13.4. The molecule has 4 aromatic heterocycles. The summed E-state index contributed by atoms with van der Waals surface area (Å²) in [6, 6.07) is 6.50. The van der Waals surface area contributed by atoms with E-state index in [4.69, 9.17) is 29.3 Å². The lowest BCUT2D eigenvalue weighted by atomic mass is 9.88. The number of hydrogen-bond donors (Lipinski definition) is 0. The van der Waals surface area contributed by atoms with E-state index in [1.54, 1.807) is 23.1 Å². The number of piperidine rings is 1. The lowest BCUT2D eigenvalue weighted by Gasteiger charge is -2.40. The number of carbonyl (C=O) groups excluding carboxylic acids is 1. The van der Waals surface area contributed by atoms with Gasteiger partial charge in [0, 0.05) is 75.8 Å². The number of amides is 1. The number of pyridine rings is 1. The molecule has 2 saturated heterocycles. The summed E-state index contributed by atoms with van der Waals surface area (Å²) in [5, 5.41) is 5.94. The first-order valence-electron chi connectivity index (χ1n) is 19.7. The molecule has 0 radical (unpaired) electrons. The normalized spacial score (nSPS) is 19.0. The lowest BCUT2D eigenvalue weighted by molar-refractivity contribution is 0.00559. The monoisotopic (exact) mass is 823 g/mol. The number of aryl methyl sites for hydroxylation is 1. The van der Waals surface area contributed by atoms with Gasteiger partial charge in [-0.3, -0.25) is 4.98 Å². The van der Waals surface area contributed by atoms with E-state index < -0.39 is 21.7 Å². The fourth-order valence-electron chi connectivity index (χ4n) is 7.37. The number of ether oxygens (including phenoxy) is 3. The van der Waals surface area contributed by atoms with Crippen LogP contribution in [0, 0.1) is 6.92 Å². The Bertz CT molecular complexity index is 1900. The van der Waals surface area contributed by atoms with Crippen LogP contribution >= 0.6 is 23.1 Å². The number of carbonyl (C=O) groups is 1. The van der Waals surface area contributed by atoms with Crippen LogP contribution in [0.4, 0.5) is 10.6 Å². The van der Waals surface area contributed by atoms with Crippen LogP contribution in [-0.4, -0.2) is 102 Å². The molecule has 6 heterocycles. The number of rotatable bonds is 15. The van der Waals surface area contributed by atoms with E-state index in [-0.39, 0.29) is 24.1 Å². The SMILES string of the molecule is CSc1c([C@@H]2C[C@H]3CC[C@@H](C2)N3C(=O)OC(C)(C)C)nc2c(-c3ccc(-c4ncc(C)s4)nc3)cnn2c1N(COCC[Si](C)(C)C)COCC[Si](C)(C)C. The maximum Gasteiger partial charge on any atom is 0.410 e. The molecular weight excluding hydrogens is 763 g/mol. The van der Waals surface area contributed by atoms with E-state index in [1.807, 2.05) is 54.8 Å². The van der Waals surface area contributed by atoms with Gasteiger partial charge in [-0.2, -0.15) is 9.61 Å². The summed E-state index contributed by atoms with van der Waals surface area (Å²) >= 11 is 3.34. The fourth-order valence-corrected chi connectivity index (χ4v) is 10.4. The van der Waals surface area contributed by atoms with E-state index >= 15 is 0 Å². The number of thiazole rings is 1. The molecule has 3 atom stereocenters. The van der Waals surface area contributed by atoms with Gasteiger partial charge in [0.25, 0.3) is 0 Å². The molecule has 0 aliphatic carbocycles. The molecule has 0 N–H and O–H groups in total. The third-order valence-electron chi connectivity index (χ3n) is 10.2. The first kappa shape index (κ1) is 41.8. The highest BCUT2D eigenvalue weighted by atomic mass is 32.2. The summed E-state index contributed by atoms with van der Waals surface area (Å²) in [6.45, 7) is 24.3. The first-order chi connectivity index (χ1) is 25.9. The minimum Gasteiger partial charge on any atom is -0.444 e. The summed E-state index contributed by atoms with van der Waals surface area (Å²) in [5.41, 5.74) is 3.99. The smallest absolute Gasteiger partial charge is 0.410 e. The van der Waals surface area contributed by atoms with Gasteiger partial charge in [0.1, 0.15) is 24.1 Å². The first-order valence-corrected chi connectivity index (χ1v) is 29.1. The summed E-state index contributed by atoms with van der Waals surface area (Å²) < 4.78 is 20.8. The van der Waals surface area contributed by atoms with Crippen molar-refractivity contribution >= 4 is 56.8 Å². The van der Waals surface area contributed by atoms with Crippen molar-refractivity contribution in [1.29, 1.82) is 0 Å². The number of hydrogen-bond acceptors (Lipinski definition) is 11. The van der Waals surface area contributed by atoms with Gasteiger partial charge in [-0.15, -0.1) is 23.1 Å². The Labute approximate surface area is 338 Å². The average molecular weight is 824 g/mol. The summed E-state index contributed by atoms with van der Waals surface area (Å²) in [6.07, 6.45) is 11.2. The Morgan fingerprint density at radius 1 is 0.945 bits per heavy atom. The Morgan fingerprint density at radius 2 is 1.58 bits per heavy atom. The maximum atomic E-state index is 13.4. The molecule has 2 fully saturated rings. The van der Waals surface area contributed by atoms with Crippen LogP contribution in [0.1, 0.15) is 62.9 Å². The highest BCUT2D eigenvalue weighted by Gasteiger charge is 2.46. The van der Waals surface area contributed by atoms with Gasteiger partial charge in [0.05, 0.1) is 22.5 Å². The van der Waals surface area contributed by atoms with Gasteiger partial charge in [0.15, 0.2) is 11.5 Å². The van der Waals surface area contributed by atoms with Crippen LogP contribution in [0.5, 0.6) is 0 Å². The Morgan fingerprint density at radius 3 is 2.09 bits per heavy atom. The molecule has 0 aromatic carbocycles. The van der Waals surface area contributed by atoms with Gasteiger partial charge in [-0.1, -0.05) is 45.3 Å². The van der Waals surface area contributed by atoms with Crippen molar-refractivity contribution < 1.29 is 19.0 Å². The van der Waals surface area contributed by atoms with E-state index in [1.165, 1.54) is 0 Å². The summed E-state index contributed by atoms with van der Waals surface area (Å²) in [5.74, 6) is 1.09. The van der Waals surface area contributed by atoms with Crippen LogP contribution in [-0.2, 0) is 14.2 Å². The van der Waals surface area contributed by atoms with Gasteiger partial charge in [0.2, 0.25) is 0 Å². The molecule has 6 rings (SSSR count).